The summed E-state index contributed by atoms with van der Waals surface area (Å²) in [5.41, 5.74) is 0. The van der Waals surface area contributed by atoms with Gasteiger partial charge in [0.25, 0.3) is 0 Å². The fourth-order valence-electron chi connectivity index (χ4n) is 5.06. The molecule has 0 radical (unpaired) electrons. The number of esters is 2. The van der Waals surface area contributed by atoms with E-state index in [1.807, 2.05) is 21.1 Å². The number of carboxylic acids is 1. The van der Waals surface area contributed by atoms with Gasteiger partial charge in [0.1, 0.15) is 6.61 Å². The minimum absolute atomic E-state index is 0.0353. The smallest absolute Gasteiger partial charge is 0.362 e. The van der Waals surface area contributed by atoms with E-state index in [9.17, 15) is 19.5 Å². The Morgan fingerprint density at radius 3 is 1.71 bits per heavy atom. The molecule has 290 valence electrons. The second-order valence-corrected chi connectivity index (χ2v) is 13.8. The standard InChI is InChI=1S/C43H71NO7/c1-6-8-10-12-14-16-18-19-20-21-22-24-26-28-30-32-34-42(46)51-39(37-49-36-35-40(43(47)48)44(3,4)5)38-50-41(45)33-31-29-27-25-23-17-15-13-11-9-7-2/h8,10,13-17,19-20,22-24,39-40H,6-7,9,11-12,18,21,25-38H2,1-5H3/p+1/b10-8+,15-13+,16-14+,20-19+,23-17+,24-22+. The number of allylic oxidation sites excluding steroid dienone is 12. The maximum Gasteiger partial charge on any atom is 0.362 e. The lowest BCUT2D eigenvalue weighted by Crippen LogP contribution is -2.50. The van der Waals surface area contributed by atoms with Crippen LogP contribution >= 0.6 is 0 Å². The van der Waals surface area contributed by atoms with Gasteiger partial charge < -0.3 is 23.8 Å². The van der Waals surface area contributed by atoms with Crippen LogP contribution in [0.3, 0.4) is 0 Å². The molecule has 0 spiro atoms. The monoisotopic (exact) mass is 715 g/mol. The summed E-state index contributed by atoms with van der Waals surface area (Å²) in [5, 5.41) is 9.58. The van der Waals surface area contributed by atoms with Crippen LogP contribution < -0.4 is 0 Å². The van der Waals surface area contributed by atoms with E-state index in [-0.39, 0.29) is 42.7 Å². The van der Waals surface area contributed by atoms with Gasteiger partial charge in [-0.1, -0.05) is 112 Å². The summed E-state index contributed by atoms with van der Waals surface area (Å²) >= 11 is 0. The van der Waals surface area contributed by atoms with Crippen molar-refractivity contribution in [3.05, 3.63) is 72.9 Å². The highest BCUT2D eigenvalue weighted by Crippen LogP contribution is 2.11. The van der Waals surface area contributed by atoms with Crippen LogP contribution in [0, 0.1) is 0 Å². The second kappa shape index (κ2) is 33.9. The molecule has 0 aliphatic carbocycles. The third-order valence-corrected chi connectivity index (χ3v) is 8.12. The van der Waals surface area contributed by atoms with Crippen molar-refractivity contribution in [2.24, 2.45) is 0 Å². The van der Waals surface area contributed by atoms with Gasteiger partial charge >= 0.3 is 17.9 Å². The van der Waals surface area contributed by atoms with Gasteiger partial charge in [-0.2, -0.15) is 0 Å². The van der Waals surface area contributed by atoms with E-state index in [0.717, 1.165) is 77.0 Å². The van der Waals surface area contributed by atoms with Gasteiger partial charge in [0.05, 0.1) is 34.4 Å². The zero-order valence-corrected chi connectivity index (χ0v) is 32.8. The van der Waals surface area contributed by atoms with Gasteiger partial charge in [-0.05, 0) is 70.6 Å². The predicted octanol–water partition coefficient (Wildman–Crippen LogP) is 10.0. The number of quaternary nitrogens is 1. The van der Waals surface area contributed by atoms with Crippen molar-refractivity contribution in [3.63, 3.8) is 0 Å². The van der Waals surface area contributed by atoms with Crippen LogP contribution in [0.4, 0.5) is 0 Å². The summed E-state index contributed by atoms with van der Waals surface area (Å²) in [6.07, 6.45) is 40.9. The number of likely N-dealkylation sites (N-methyl/N-ethyl adjacent to an activating group) is 1. The van der Waals surface area contributed by atoms with E-state index < -0.39 is 18.1 Å². The summed E-state index contributed by atoms with van der Waals surface area (Å²) < 4.78 is 17.1. The molecule has 0 fully saturated rings. The van der Waals surface area contributed by atoms with Crippen molar-refractivity contribution in [2.75, 3.05) is 41.0 Å². The average molecular weight is 715 g/mol. The lowest BCUT2D eigenvalue weighted by atomic mass is 10.1. The Labute approximate surface area is 311 Å². The molecule has 0 aromatic carbocycles. The third kappa shape index (κ3) is 32.4. The second-order valence-electron chi connectivity index (χ2n) is 13.8. The van der Waals surface area contributed by atoms with Gasteiger partial charge in [-0.15, -0.1) is 0 Å². The van der Waals surface area contributed by atoms with Gasteiger partial charge in [-0.25, -0.2) is 4.79 Å². The molecule has 0 aliphatic heterocycles. The molecule has 0 saturated carbocycles. The highest BCUT2D eigenvalue weighted by atomic mass is 16.6. The van der Waals surface area contributed by atoms with Gasteiger partial charge in [0.2, 0.25) is 0 Å². The van der Waals surface area contributed by atoms with Crippen LogP contribution in [-0.2, 0) is 28.6 Å². The zero-order valence-electron chi connectivity index (χ0n) is 32.8. The highest BCUT2D eigenvalue weighted by molar-refractivity contribution is 5.72. The fraction of sp³-hybridized carbons (Fsp3) is 0.651. The number of unbranched alkanes of at least 4 members (excludes halogenated alkanes) is 8. The van der Waals surface area contributed by atoms with E-state index in [1.165, 1.54) is 12.8 Å². The SMILES string of the molecule is CC/C=C/C/C=C/C/C=C/C/C=C/CCCCCC(=O)OC(COCCC(C(=O)O)[N+](C)(C)C)COC(=O)CCCCC/C=C/C=C/CCCC. The molecule has 0 rings (SSSR count). The molecule has 0 saturated heterocycles. The number of ether oxygens (including phenoxy) is 3. The summed E-state index contributed by atoms with van der Waals surface area (Å²) in [5.74, 6) is -1.56. The van der Waals surface area contributed by atoms with E-state index in [1.54, 1.807) is 0 Å². The number of hydrogen-bond acceptors (Lipinski definition) is 6. The quantitative estimate of drug-likeness (QED) is 0.0238. The number of carbonyl (C=O) groups excluding carboxylic acids is 2. The number of hydrogen-bond donors (Lipinski definition) is 1. The number of carboxylic acid groups (broad SMARTS) is 1. The van der Waals surface area contributed by atoms with Crippen molar-refractivity contribution in [3.8, 4) is 0 Å². The van der Waals surface area contributed by atoms with Gasteiger partial charge in [-0.3, -0.25) is 9.59 Å². The lowest BCUT2D eigenvalue weighted by molar-refractivity contribution is -0.887. The molecule has 51 heavy (non-hydrogen) atoms. The van der Waals surface area contributed by atoms with E-state index >= 15 is 0 Å². The van der Waals surface area contributed by atoms with E-state index in [4.69, 9.17) is 14.2 Å². The summed E-state index contributed by atoms with van der Waals surface area (Å²) in [4.78, 5) is 36.8. The van der Waals surface area contributed by atoms with Crippen LogP contribution in [0.25, 0.3) is 0 Å². The van der Waals surface area contributed by atoms with Gasteiger partial charge in [0.15, 0.2) is 12.1 Å². The summed E-state index contributed by atoms with van der Waals surface area (Å²) in [6, 6.07) is -0.627. The van der Waals surface area contributed by atoms with Crippen molar-refractivity contribution >= 4 is 17.9 Å². The van der Waals surface area contributed by atoms with Crippen molar-refractivity contribution in [2.45, 2.75) is 142 Å². The molecule has 2 atom stereocenters. The molecule has 0 heterocycles. The molecular weight excluding hydrogens is 642 g/mol. The summed E-state index contributed by atoms with van der Waals surface area (Å²) in [6.45, 7) is 4.47. The number of carbonyl (C=O) groups is 3. The van der Waals surface area contributed by atoms with Crippen LogP contribution in [0.1, 0.15) is 129 Å². The molecule has 0 aromatic rings. The highest BCUT2D eigenvalue weighted by Gasteiger charge is 2.31. The normalized spacial score (nSPS) is 13.8. The maximum atomic E-state index is 12.7. The Kier molecular flexibility index (Phi) is 31.7. The minimum Gasteiger partial charge on any atom is -0.477 e. The van der Waals surface area contributed by atoms with Crippen molar-refractivity contribution < 1.29 is 38.2 Å². The molecule has 8 heteroatoms. The van der Waals surface area contributed by atoms with Crippen molar-refractivity contribution in [1.82, 2.24) is 0 Å². The average Bonchev–Trinajstić information content (AvgIpc) is 3.08. The molecule has 1 N–H and O–H groups in total. The predicted molar refractivity (Wildman–Crippen MR) is 210 cm³/mol. The molecule has 0 aliphatic rings. The van der Waals surface area contributed by atoms with Crippen molar-refractivity contribution in [1.29, 1.82) is 0 Å². The first kappa shape index (κ1) is 47.8. The topological polar surface area (TPSA) is 99.1 Å². The number of rotatable bonds is 33. The van der Waals surface area contributed by atoms with E-state index in [2.05, 4.69) is 86.8 Å². The molecule has 2 unspecified atom stereocenters. The summed E-state index contributed by atoms with van der Waals surface area (Å²) in [7, 11) is 5.49. The Balaban J connectivity index is 4.53. The van der Waals surface area contributed by atoms with Crippen LogP contribution in [0.2, 0.25) is 0 Å². The molecule has 0 aromatic heterocycles. The minimum atomic E-state index is -0.889. The zero-order chi connectivity index (χ0) is 37.8. The Hall–Kier alpha value is -3.23. The first-order valence-electron chi connectivity index (χ1n) is 19.5. The number of aliphatic carboxylic acids is 1. The Morgan fingerprint density at radius 1 is 0.627 bits per heavy atom. The molecule has 8 nitrogen and oxygen atoms in total. The third-order valence-electron chi connectivity index (χ3n) is 8.12. The van der Waals surface area contributed by atoms with Crippen LogP contribution in [0.5, 0.6) is 0 Å². The first-order chi connectivity index (χ1) is 24.6. The Morgan fingerprint density at radius 2 is 1.16 bits per heavy atom. The Bertz CT molecular complexity index is 1060. The number of nitrogens with zero attached hydrogens (tertiary/aromatic N) is 1. The maximum absolute atomic E-state index is 12.7. The lowest BCUT2D eigenvalue weighted by Gasteiger charge is -2.31. The fourth-order valence-corrected chi connectivity index (χ4v) is 5.06. The molecular formula is C43H72NO7+. The van der Waals surface area contributed by atoms with Gasteiger partial charge in [0, 0.05) is 19.3 Å². The van der Waals surface area contributed by atoms with Crippen LogP contribution in [-0.4, -0.2) is 80.6 Å². The first-order valence-corrected chi connectivity index (χ1v) is 19.5. The van der Waals surface area contributed by atoms with E-state index in [0.29, 0.717) is 19.3 Å². The molecule has 0 amide bonds. The molecule has 0 bridgehead atoms. The largest absolute Gasteiger partial charge is 0.477 e. The van der Waals surface area contributed by atoms with Crippen LogP contribution in [0.15, 0.2) is 72.9 Å².